The van der Waals surface area contributed by atoms with Crippen LogP contribution in [0.5, 0.6) is 0 Å². The summed E-state index contributed by atoms with van der Waals surface area (Å²) in [5.41, 5.74) is 4.19. The molecular weight excluding hydrogens is 807 g/mol. The van der Waals surface area contributed by atoms with Crippen molar-refractivity contribution in [3.8, 4) is 0 Å². The molecule has 2 aromatic heterocycles. The topological polar surface area (TPSA) is 186 Å². The zero-order chi connectivity index (χ0) is 41.9. The summed E-state index contributed by atoms with van der Waals surface area (Å²) < 4.78 is 61.5. The standard InChI is InChI=1S/C46H45N9O4S2/c1-27-33-23-21-31(60(56,57)54-29-13-5-3-6-14-29)25-39(33)28(2)48-41-34-17-9-10-18-35(34)42(49-41)50-43-36-19-11-12-20-37(36)44(51-43)52-45-38-24-22-32(26-40(38)46(47-27)53-45)61(58,59)55-30-15-7-4-8-16-30/h9-12,17-26,29-30,49,54-55H,1,3-8,13-16H2,2H3,(H,47,50,51,52,53)/b48-28+. The van der Waals surface area contributed by atoms with Crippen LogP contribution in [-0.4, -0.2) is 56.3 Å². The van der Waals surface area contributed by atoms with Gasteiger partial charge in [-0.1, -0.05) is 99.7 Å². The van der Waals surface area contributed by atoms with Gasteiger partial charge in [0, 0.05) is 61.6 Å². The molecule has 0 atom stereocenters. The minimum atomic E-state index is -3.89. The van der Waals surface area contributed by atoms with Crippen LogP contribution in [0.15, 0.2) is 126 Å². The molecule has 6 aromatic rings. The molecule has 4 aromatic carbocycles. The van der Waals surface area contributed by atoms with E-state index in [0.717, 1.165) is 86.1 Å². The van der Waals surface area contributed by atoms with Crippen LogP contribution in [0.3, 0.4) is 0 Å². The number of H-pyrrole nitrogens is 2. The van der Waals surface area contributed by atoms with Gasteiger partial charge in [0.2, 0.25) is 20.0 Å². The Morgan fingerprint density at radius 3 is 1.70 bits per heavy atom. The number of sulfonamides is 2. The Hall–Kier alpha value is -5.87. The molecular formula is C46H45N9O4S2. The summed E-state index contributed by atoms with van der Waals surface area (Å²) in [6.07, 6.45) is 9.32. The van der Waals surface area contributed by atoms with Crippen LogP contribution in [0.4, 0.5) is 11.6 Å². The van der Waals surface area contributed by atoms with Crippen LogP contribution in [0.2, 0.25) is 0 Å². The summed E-state index contributed by atoms with van der Waals surface area (Å²) in [5.74, 6) is 1.97. The molecule has 4 heterocycles. The number of fused-ring (bicyclic) bond motifs is 15. The Kier molecular flexibility index (Phi) is 10.0. The number of nitrogens with zero attached hydrogens (tertiary/aromatic N) is 5. The third-order valence-corrected chi connectivity index (χ3v) is 15.2. The van der Waals surface area contributed by atoms with E-state index in [-0.39, 0.29) is 21.9 Å². The van der Waals surface area contributed by atoms with E-state index in [9.17, 15) is 16.8 Å². The van der Waals surface area contributed by atoms with E-state index in [1.807, 2.05) is 55.5 Å². The van der Waals surface area contributed by atoms with Crippen LogP contribution in [-0.2, 0) is 20.0 Å². The number of hydrogen-bond acceptors (Lipinski definition) is 9. The smallest absolute Gasteiger partial charge is 0.240 e. The Morgan fingerprint density at radius 1 is 0.525 bits per heavy atom. The third kappa shape index (κ3) is 7.49. The second-order valence-corrected chi connectivity index (χ2v) is 19.7. The van der Waals surface area contributed by atoms with Gasteiger partial charge in [-0.05, 0) is 62.9 Å². The summed E-state index contributed by atoms with van der Waals surface area (Å²) in [6.45, 7) is 6.22. The maximum Gasteiger partial charge on any atom is 0.240 e. The molecule has 2 aliphatic carbocycles. The van der Waals surface area contributed by atoms with Crippen LogP contribution in [0.25, 0.3) is 27.2 Å². The van der Waals surface area contributed by atoms with Gasteiger partial charge in [0.05, 0.1) is 15.5 Å². The zero-order valence-corrected chi connectivity index (χ0v) is 35.3. The highest BCUT2D eigenvalue weighted by Crippen LogP contribution is 2.36. The van der Waals surface area contributed by atoms with Gasteiger partial charge in [0.15, 0.2) is 11.7 Å². The molecule has 15 heteroatoms. The lowest BCUT2D eigenvalue weighted by molar-refractivity contribution is 0.412. The van der Waals surface area contributed by atoms with Crippen LogP contribution >= 0.6 is 0 Å². The largest absolute Gasteiger partial charge is 0.324 e. The molecule has 2 fully saturated rings. The van der Waals surface area contributed by atoms with Gasteiger partial charge in [-0.3, -0.25) is 0 Å². The van der Waals surface area contributed by atoms with Gasteiger partial charge in [-0.2, -0.15) is 0 Å². The highest BCUT2D eigenvalue weighted by atomic mass is 32.2. The Balaban J connectivity index is 1.20. The van der Waals surface area contributed by atoms with E-state index >= 15 is 0 Å². The minimum absolute atomic E-state index is 0.105. The van der Waals surface area contributed by atoms with E-state index < -0.39 is 20.0 Å². The second kappa shape index (κ2) is 15.5. The van der Waals surface area contributed by atoms with E-state index in [2.05, 4.69) is 26.0 Å². The average molecular weight is 852 g/mol. The summed E-state index contributed by atoms with van der Waals surface area (Å²) in [6, 6.07) is 25.1. The van der Waals surface area contributed by atoms with Gasteiger partial charge >= 0.3 is 0 Å². The van der Waals surface area contributed by atoms with Gasteiger partial charge in [0.25, 0.3) is 0 Å². The molecule has 0 amide bonds. The number of rotatable bonds is 6. The van der Waals surface area contributed by atoms with Crippen molar-refractivity contribution >= 4 is 76.3 Å². The number of aliphatic imine (C=N–C) groups is 3. The van der Waals surface area contributed by atoms with Crippen molar-refractivity contribution in [3.05, 3.63) is 125 Å². The third-order valence-electron chi connectivity index (χ3n) is 12.2. The Labute approximate surface area is 353 Å². The maximum absolute atomic E-state index is 13.9. The Bertz CT molecular complexity index is 3240. The van der Waals surface area contributed by atoms with Crippen molar-refractivity contribution in [2.75, 3.05) is 0 Å². The van der Waals surface area contributed by atoms with Crippen molar-refractivity contribution in [1.82, 2.24) is 19.4 Å². The van der Waals surface area contributed by atoms with Crippen LogP contribution in [0, 0.1) is 0 Å². The molecule has 0 spiro atoms. The van der Waals surface area contributed by atoms with E-state index in [1.165, 1.54) is 0 Å². The first-order chi connectivity index (χ1) is 29.5. The molecule has 61 heavy (non-hydrogen) atoms. The van der Waals surface area contributed by atoms with Crippen molar-refractivity contribution in [2.45, 2.75) is 93.0 Å². The summed E-state index contributed by atoms with van der Waals surface area (Å²) >= 11 is 0. The monoisotopic (exact) mass is 851 g/mol. The Morgan fingerprint density at radius 2 is 1.07 bits per heavy atom. The summed E-state index contributed by atoms with van der Waals surface area (Å²) in [5, 5.41) is 2.79. The first kappa shape index (κ1) is 39.3. The fraction of sp³-hybridized carbons (Fsp3) is 0.283. The molecule has 2 aliphatic heterocycles. The maximum atomic E-state index is 13.9. The molecule has 0 saturated heterocycles. The number of hydrogen-bond donors (Lipinski definition) is 4. The number of amidine groups is 2. The normalized spacial score (nSPS) is 20.6. The fourth-order valence-corrected chi connectivity index (χ4v) is 11.7. The summed E-state index contributed by atoms with van der Waals surface area (Å²) in [7, 11) is -7.77. The van der Waals surface area contributed by atoms with Gasteiger partial charge in [-0.15, -0.1) is 0 Å². The van der Waals surface area contributed by atoms with Crippen LogP contribution in [0.1, 0.15) is 93.4 Å². The van der Waals surface area contributed by atoms with Gasteiger partial charge in [-0.25, -0.2) is 51.2 Å². The van der Waals surface area contributed by atoms with Gasteiger partial charge in [0.1, 0.15) is 22.6 Å². The molecule has 4 N–H and O–H groups in total. The first-order valence-electron chi connectivity index (χ1n) is 20.9. The molecule has 2 saturated carbocycles. The number of benzene rings is 4. The lowest BCUT2D eigenvalue weighted by atomic mass is 9.96. The predicted octanol–water partition coefficient (Wildman–Crippen LogP) is 7.77. The van der Waals surface area contributed by atoms with Crippen molar-refractivity contribution in [3.63, 3.8) is 0 Å². The average Bonchev–Trinajstić information content (AvgIpc) is 3.91. The zero-order valence-electron chi connectivity index (χ0n) is 33.7. The molecule has 0 radical (unpaired) electrons. The van der Waals surface area contributed by atoms with Gasteiger partial charge < -0.3 is 9.97 Å². The van der Waals surface area contributed by atoms with E-state index in [0.29, 0.717) is 67.6 Å². The van der Waals surface area contributed by atoms with Crippen molar-refractivity contribution in [1.29, 1.82) is 0 Å². The highest BCUT2D eigenvalue weighted by molar-refractivity contribution is 7.89. The molecule has 13 nitrogen and oxygen atoms in total. The fourth-order valence-electron chi connectivity index (χ4n) is 8.99. The number of aromatic amines is 2. The molecule has 6 bridgehead atoms. The predicted molar refractivity (Wildman–Crippen MR) is 240 cm³/mol. The lowest BCUT2D eigenvalue weighted by Gasteiger charge is -2.23. The minimum Gasteiger partial charge on any atom is -0.324 e. The quantitative estimate of drug-likeness (QED) is 0.134. The van der Waals surface area contributed by atoms with Crippen molar-refractivity contribution in [2.24, 2.45) is 25.0 Å². The summed E-state index contributed by atoms with van der Waals surface area (Å²) in [4.78, 5) is 32.2. The molecule has 4 aliphatic rings. The van der Waals surface area contributed by atoms with E-state index in [1.54, 1.807) is 36.4 Å². The SMILES string of the molecule is C=C1/N=c2\[nH]/c(c3ccc(S(=O)(=O)NC4CCCCC4)cc23)=N\C2=NC(=N\c3[nH]c(c4ccccc34)/N=C(\C)c3cc(S(=O)(=O)NC4CCCCC4)ccc31)/c1ccccc12. The lowest BCUT2D eigenvalue weighted by Crippen LogP contribution is -2.36. The molecule has 0 unspecified atom stereocenters. The second-order valence-electron chi connectivity index (χ2n) is 16.3. The molecule has 10 rings (SSSR count). The van der Waals surface area contributed by atoms with Crippen LogP contribution < -0.4 is 20.4 Å². The van der Waals surface area contributed by atoms with Crippen molar-refractivity contribution < 1.29 is 16.8 Å². The van der Waals surface area contributed by atoms with E-state index in [4.69, 9.17) is 25.0 Å². The highest BCUT2D eigenvalue weighted by Gasteiger charge is 2.27. The number of nitrogens with one attached hydrogen (secondary N) is 4. The first-order valence-corrected chi connectivity index (χ1v) is 23.9. The number of aromatic nitrogens is 2. The molecule has 310 valence electrons.